The van der Waals surface area contributed by atoms with E-state index in [1.165, 1.54) is 11.1 Å². The minimum atomic E-state index is -0.587. The van der Waals surface area contributed by atoms with Gasteiger partial charge in [0.05, 0.1) is 0 Å². The lowest BCUT2D eigenvalue weighted by atomic mass is 10.1. The Morgan fingerprint density at radius 1 is 0.739 bits per heavy atom. The van der Waals surface area contributed by atoms with Crippen molar-refractivity contribution in [3.05, 3.63) is 102 Å². The first-order valence-electron chi connectivity index (χ1n) is 7.59. The van der Waals surface area contributed by atoms with Crippen LogP contribution < -0.4 is 4.74 Å². The van der Waals surface area contributed by atoms with Crippen LogP contribution in [0.4, 0.5) is 0 Å². The van der Waals surface area contributed by atoms with E-state index in [4.69, 9.17) is 4.74 Å². The second-order valence-electron chi connectivity index (χ2n) is 5.34. The molecule has 2 nitrogen and oxygen atoms in total. The molecule has 0 aliphatic carbocycles. The van der Waals surface area contributed by atoms with Crippen molar-refractivity contribution in [2.45, 2.75) is 12.5 Å². The molecule has 2 heteroatoms. The molecule has 0 aliphatic heterocycles. The third-order valence-electron chi connectivity index (χ3n) is 3.65. The Hall–Kier alpha value is -3.05. The quantitative estimate of drug-likeness (QED) is 0.670. The predicted octanol–water partition coefficient (Wildman–Crippen LogP) is 4.92. The molecule has 0 saturated heterocycles. The van der Waals surface area contributed by atoms with E-state index in [2.05, 4.69) is 18.2 Å². The van der Waals surface area contributed by atoms with Crippen molar-refractivity contribution < 1.29 is 4.74 Å². The summed E-state index contributed by atoms with van der Waals surface area (Å²) in [6.45, 7) is 0. The molecule has 0 aromatic heterocycles. The Morgan fingerprint density at radius 3 is 1.91 bits per heavy atom. The van der Waals surface area contributed by atoms with Gasteiger partial charge in [0.15, 0.2) is 0 Å². The fourth-order valence-corrected chi connectivity index (χ4v) is 2.45. The predicted molar refractivity (Wildman–Crippen MR) is 91.1 cm³/mol. The van der Waals surface area contributed by atoms with Gasteiger partial charge in [-0.15, -0.1) is 0 Å². The summed E-state index contributed by atoms with van der Waals surface area (Å²) < 4.78 is 5.79. The normalized spacial score (nSPS) is 11.4. The Bertz CT molecular complexity index is 774. The van der Waals surface area contributed by atoms with Gasteiger partial charge in [-0.05, 0) is 29.7 Å². The molecular formula is C21H17NO. The van der Waals surface area contributed by atoms with Crippen molar-refractivity contribution in [1.82, 2.24) is 0 Å². The minimum Gasteiger partial charge on any atom is -0.471 e. The van der Waals surface area contributed by atoms with E-state index in [0.29, 0.717) is 5.75 Å². The van der Waals surface area contributed by atoms with Crippen LogP contribution in [-0.2, 0) is 6.42 Å². The SMILES string of the molecule is N#CC(Oc1ccc(Cc2ccccc2)cc1)c1ccccc1. The van der Waals surface area contributed by atoms with Gasteiger partial charge < -0.3 is 4.74 Å². The van der Waals surface area contributed by atoms with Gasteiger partial charge in [-0.1, -0.05) is 72.8 Å². The maximum Gasteiger partial charge on any atom is 0.209 e. The third kappa shape index (κ3) is 3.99. The van der Waals surface area contributed by atoms with Crippen LogP contribution in [0.1, 0.15) is 22.8 Å². The van der Waals surface area contributed by atoms with Crippen LogP contribution in [0, 0.1) is 11.3 Å². The summed E-state index contributed by atoms with van der Waals surface area (Å²) in [4.78, 5) is 0. The highest BCUT2D eigenvalue weighted by molar-refractivity contribution is 5.33. The summed E-state index contributed by atoms with van der Waals surface area (Å²) in [5, 5.41) is 9.32. The first kappa shape index (κ1) is 14.9. The molecule has 23 heavy (non-hydrogen) atoms. The lowest BCUT2D eigenvalue weighted by Crippen LogP contribution is -2.04. The van der Waals surface area contributed by atoms with Crippen molar-refractivity contribution in [3.8, 4) is 11.8 Å². The average molecular weight is 299 g/mol. The Labute approximate surface area is 136 Å². The number of hydrogen-bond acceptors (Lipinski definition) is 2. The maximum atomic E-state index is 9.32. The van der Waals surface area contributed by atoms with E-state index < -0.39 is 6.10 Å². The van der Waals surface area contributed by atoms with Crippen molar-refractivity contribution >= 4 is 0 Å². The fourth-order valence-electron chi connectivity index (χ4n) is 2.45. The molecule has 3 aromatic carbocycles. The summed E-state index contributed by atoms with van der Waals surface area (Å²) in [7, 11) is 0. The molecule has 3 aromatic rings. The summed E-state index contributed by atoms with van der Waals surface area (Å²) in [5.74, 6) is 0.706. The summed E-state index contributed by atoms with van der Waals surface area (Å²) >= 11 is 0. The lowest BCUT2D eigenvalue weighted by molar-refractivity contribution is 0.262. The second kappa shape index (κ2) is 7.29. The summed E-state index contributed by atoms with van der Waals surface area (Å²) in [6.07, 6.45) is 0.303. The van der Waals surface area contributed by atoms with Crippen molar-refractivity contribution in [3.63, 3.8) is 0 Å². The zero-order valence-electron chi connectivity index (χ0n) is 12.7. The van der Waals surface area contributed by atoms with Crippen LogP contribution in [0.2, 0.25) is 0 Å². The molecule has 0 saturated carbocycles. The minimum absolute atomic E-state index is 0.587. The van der Waals surface area contributed by atoms with Gasteiger partial charge in [0, 0.05) is 5.56 Å². The molecule has 0 heterocycles. The van der Waals surface area contributed by atoms with Gasteiger partial charge in [0.1, 0.15) is 11.8 Å². The van der Waals surface area contributed by atoms with Crippen LogP contribution in [0.25, 0.3) is 0 Å². The Kier molecular flexibility index (Phi) is 4.71. The molecule has 1 atom stereocenters. The highest BCUT2D eigenvalue weighted by Gasteiger charge is 2.11. The number of nitrogens with zero attached hydrogens (tertiary/aromatic N) is 1. The highest BCUT2D eigenvalue weighted by Crippen LogP contribution is 2.22. The standard InChI is InChI=1S/C21H17NO/c22-16-21(19-9-5-2-6-10-19)23-20-13-11-18(12-14-20)15-17-7-3-1-4-8-17/h1-14,21H,15H2. The first-order chi connectivity index (χ1) is 11.3. The molecule has 0 aliphatic rings. The van der Waals surface area contributed by atoms with E-state index in [1.807, 2.05) is 72.8 Å². The van der Waals surface area contributed by atoms with Crippen LogP contribution in [0.5, 0.6) is 5.75 Å². The number of ether oxygens (including phenoxy) is 1. The molecular weight excluding hydrogens is 282 g/mol. The topological polar surface area (TPSA) is 33.0 Å². The van der Waals surface area contributed by atoms with E-state index in [9.17, 15) is 5.26 Å². The zero-order valence-corrected chi connectivity index (χ0v) is 12.7. The van der Waals surface area contributed by atoms with E-state index in [-0.39, 0.29) is 0 Å². The number of hydrogen-bond donors (Lipinski definition) is 0. The van der Waals surface area contributed by atoms with Crippen LogP contribution in [-0.4, -0.2) is 0 Å². The highest BCUT2D eigenvalue weighted by atomic mass is 16.5. The second-order valence-corrected chi connectivity index (χ2v) is 5.34. The van der Waals surface area contributed by atoms with Gasteiger partial charge in [0.25, 0.3) is 0 Å². The average Bonchev–Trinajstić information content (AvgIpc) is 2.63. The van der Waals surface area contributed by atoms with Crippen molar-refractivity contribution in [1.29, 1.82) is 5.26 Å². The van der Waals surface area contributed by atoms with Gasteiger partial charge >= 0.3 is 0 Å². The van der Waals surface area contributed by atoms with Crippen molar-refractivity contribution in [2.24, 2.45) is 0 Å². The summed E-state index contributed by atoms with van der Waals surface area (Å²) in [6, 6.07) is 30.0. The van der Waals surface area contributed by atoms with E-state index >= 15 is 0 Å². The van der Waals surface area contributed by atoms with E-state index in [1.54, 1.807) is 0 Å². The Balaban J connectivity index is 1.69. The smallest absolute Gasteiger partial charge is 0.209 e. The summed E-state index contributed by atoms with van der Waals surface area (Å²) in [5.41, 5.74) is 3.36. The molecule has 0 fully saturated rings. The molecule has 0 radical (unpaired) electrons. The van der Waals surface area contributed by atoms with Gasteiger partial charge in [-0.3, -0.25) is 0 Å². The van der Waals surface area contributed by atoms with Crippen LogP contribution in [0.15, 0.2) is 84.9 Å². The number of benzene rings is 3. The van der Waals surface area contributed by atoms with Gasteiger partial charge in [-0.2, -0.15) is 5.26 Å². The third-order valence-corrected chi connectivity index (χ3v) is 3.65. The zero-order chi connectivity index (χ0) is 15.9. The molecule has 0 spiro atoms. The van der Waals surface area contributed by atoms with Crippen molar-refractivity contribution in [2.75, 3.05) is 0 Å². The molecule has 0 N–H and O–H groups in total. The number of rotatable bonds is 5. The van der Waals surface area contributed by atoms with Crippen LogP contribution >= 0.6 is 0 Å². The first-order valence-corrected chi connectivity index (χ1v) is 7.59. The lowest BCUT2D eigenvalue weighted by Gasteiger charge is -2.13. The van der Waals surface area contributed by atoms with Crippen LogP contribution in [0.3, 0.4) is 0 Å². The largest absolute Gasteiger partial charge is 0.471 e. The van der Waals surface area contributed by atoms with Gasteiger partial charge in [0.2, 0.25) is 6.10 Å². The Morgan fingerprint density at radius 2 is 1.30 bits per heavy atom. The van der Waals surface area contributed by atoms with Gasteiger partial charge in [-0.25, -0.2) is 0 Å². The number of nitriles is 1. The molecule has 3 rings (SSSR count). The fraction of sp³-hybridized carbons (Fsp3) is 0.0952. The van der Waals surface area contributed by atoms with E-state index in [0.717, 1.165) is 12.0 Å². The maximum absolute atomic E-state index is 9.32. The monoisotopic (exact) mass is 299 g/mol. The molecule has 0 bridgehead atoms. The molecule has 0 amide bonds. The molecule has 1 unspecified atom stereocenters. The molecule has 112 valence electrons.